The van der Waals surface area contributed by atoms with Crippen LogP contribution in [-0.2, 0) is 0 Å². The molecule has 0 amide bonds. The molecule has 1 aromatic heterocycles. The number of alkyl halides is 1. The average Bonchev–Trinajstić information content (AvgIpc) is 2.04. The molecule has 1 aromatic rings. The van der Waals surface area contributed by atoms with Crippen LogP contribution in [0.2, 0.25) is 0 Å². The molecule has 0 aliphatic carbocycles. The lowest BCUT2D eigenvalue weighted by Gasteiger charge is -1.97. The van der Waals surface area contributed by atoms with Gasteiger partial charge in [-0.2, -0.15) is 0 Å². The predicted octanol–water partition coefficient (Wildman–Crippen LogP) is 1.73. The highest BCUT2D eigenvalue weighted by Gasteiger charge is 1.92. The molecule has 4 heteroatoms. The van der Waals surface area contributed by atoms with Gasteiger partial charge in [-0.05, 0) is 12.1 Å². The van der Waals surface area contributed by atoms with E-state index in [0.29, 0.717) is 11.6 Å². The number of aromatic nitrogens is 1. The largest absolute Gasteiger partial charge is 0.384 e. The maximum atomic E-state index is 11.7. The second-order valence-corrected chi connectivity index (χ2v) is 3.12. The van der Waals surface area contributed by atoms with Gasteiger partial charge in [0.2, 0.25) is 0 Å². The van der Waals surface area contributed by atoms with Crippen molar-refractivity contribution in [2.24, 2.45) is 0 Å². The number of nitrogen functional groups attached to an aromatic ring is 1. The van der Waals surface area contributed by atoms with Gasteiger partial charge in [-0.25, -0.2) is 4.98 Å². The van der Waals surface area contributed by atoms with E-state index < -0.39 is 0 Å². The first-order valence-electron chi connectivity index (χ1n) is 3.23. The summed E-state index contributed by atoms with van der Waals surface area (Å²) in [5.74, 6) is 0.973. The molecule has 0 radical (unpaired) electrons. The molecule has 1 heterocycles. The van der Waals surface area contributed by atoms with Gasteiger partial charge >= 0.3 is 0 Å². The summed E-state index contributed by atoms with van der Waals surface area (Å²) >= 11 is 1.44. The van der Waals surface area contributed by atoms with Gasteiger partial charge in [-0.15, -0.1) is 11.8 Å². The van der Waals surface area contributed by atoms with Crippen molar-refractivity contribution < 1.29 is 4.39 Å². The Morgan fingerprint density at radius 1 is 1.55 bits per heavy atom. The third-order valence-electron chi connectivity index (χ3n) is 1.11. The molecule has 0 atom stereocenters. The standard InChI is InChI=1S/C7H9FN2S/c8-3-4-11-6-1-2-7(9)10-5-6/h1-2,5H,3-4H2,(H2,9,10). The molecule has 1 rings (SSSR count). The summed E-state index contributed by atoms with van der Waals surface area (Å²) in [5, 5.41) is 0. The van der Waals surface area contributed by atoms with Crippen LogP contribution in [0.3, 0.4) is 0 Å². The summed E-state index contributed by atoms with van der Waals surface area (Å²) in [6.07, 6.45) is 1.65. The summed E-state index contributed by atoms with van der Waals surface area (Å²) in [7, 11) is 0. The minimum Gasteiger partial charge on any atom is -0.384 e. The lowest BCUT2D eigenvalue weighted by molar-refractivity contribution is 0.533. The van der Waals surface area contributed by atoms with Crippen molar-refractivity contribution in [1.82, 2.24) is 4.98 Å². The monoisotopic (exact) mass is 172 g/mol. The molecule has 60 valence electrons. The maximum absolute atomic E-state index is 11.7. The number of thioether (sulfide) groups is 1. The zero-order chi connectivity index (χ0) is 8.10. The van der Waals surface area contributed by atoms with Crippen molar-refractivity contribution in [1.29, 1.82) is 0 Å². The minimum atomic E-state index is -0.310. The van der Waals surface area contributed by atoms with Crippen molar-refractivity contribution in [3.63, 3.8) is 0 Å². The van der Waals surface area contributed by atoms with Crippen LogP contribution in [0.4, 0.5) is 10.2 Å². The number of nitrogens with two attached hydrogens (primary N) is 1. The first-order chi connectivity index (χ1) is 5.33. The Kier molecular flexibility index (Phi) is 3.16. The van der Waals surface area contributed by atoms with Crippen LogP contribution >= 0.6 is 11.8 Å². The van der Waals surface area contributed by atoms with Gasteiger partial charge in [-0.1, -0.05) is 0 Å². The molecule has 0 saturated heterocycles. The average molecular weight is 172 g/mol. The van der Waals surface area contributed by atoms with Crippen LogP contribution in [0.1, 0.15) is 0 Å². The Labute approximate surface area is 69.0 Å². The van der Waals surface area contributed by atoms with Gasteiger partial charge in [0.25, 0.3) is 0 Å². The number of rotatable bonds is 3. The quantitative estimate of drug-likeness (QED) is 0.706. The number of nitrogens with zero attached hydrogens (tertiary/aromatic N) is 1. The van der Waals surface area contributed by atoms with E-state index in [2.05, 4.69) is 4.98 Å². The molecule has 2 N–H and O–H groups in total. The highest BCUT2D eigenvalue weighted by atomic mass is 32.2. The molecule has 0 fully saturated rings. The normalized spacial score (nSPS) is 9.91. The fourth-order valence-corrected chi connectivity index (χ4v) is 1.24. The first-order valence-corrected chi connectivity index (χ1v) is 4.22. The van der Waals surface area contributed by atoms with E-state index in [-0.39, 0.29) is 6.67 Å². The number of hydrogen-bond donors (Lipinski definition) is 1. The summed E-state index contributed by atoms with van der Waals surface area (Å²) in [4.78, 5) is 4.82. The Bertz CT molecular complexity index is 212. The minimum absolute atomic E-state index is 0.310. The Hall–Kier alpha value is -0.770. The van der Waals surface area contributed by atoms with Crippen molar-refractivity contribution in [3.05, 3.63) is 18.3 Å². The highest BCUT2D eigenvalue weighted by molar-refractivity contribution is 7.99. The van der Waals surface area contributed by atoms with Gasteiger partial charge < -0.3 is 5.73 Å². The van der Waals surface area contributed by atoms with Crippen LogP contribution < -0.4 is 5.73 Å². The van der Waals surface area contributed by atoms with Gasteiger partial charge in [0.15, 0.2) is 0 Å². The van der Waals surface area contributed by atoms with Crippen LogP contribution in [0.25, 0.3) is 0 Å². The SMILES string of the molecule is Nc1ccc(SCCF)cn1. The molecule has 0 aromatic carbocycles. The summed E-state index contributed by atoms with van der Waals surface area (Å²) < 4.78 is 11.7. The Morgan fingerprint density at radius 3 is 2.91 bits per heavy atom. The molecule has 2 nitrogen and oxygen atoms in total. The molecular formula is C7H9FN2S. The highest BCUT2D eigenvalue weighted by Crippen LogP contribution is 2.16. The van der Waals surface area contributed by atoms with Crippen molar-refractivity contribution in [3.8, 4) is 0 Å². The first kappa shape index (κ1) is 8.33. The van der Waals surface area contributed by atoms with Crippen molar-refractivity contribution in [2.75, 3.05) is 18.2 Å². The van der Waals surface area contributed by atoms with Crippen LogP contribution in [0.5, 0.6) is 0 Å². The molecule has 0 aliphatic heterocycles. The molecule has 0 bridgehead atoms. The van der Waals surface area contributed by atoms with E-state index in [1.54, 1.807) is 12.3 Å². The topological polar surface area (TPSA) is 38.9 Å². The maximum Gasteiger partial charge on any atom is 0.123 e. The molecule has 0 aliphatic rings. The third kappa shape index (κ3) is 2.76. The summed E-state index contributed by atoms with van der Waals surface area (Å²) in [6.45, 7) is -0.310. The molecule has 0 unspecified atom stereocenters. The number of anilines is 1. The van der Waals surface area contributed by atoms with Gasteiger partial charge in [0, 0.05) is 16.8 Å². The van der Waals surface area contributed by atoms with E-state index in [1.807, 2.05) is 6.07 Å². The van der Waals surface area contributed by atoms with Crippen LogP contribution in [-0.4, -0.2) is 17.4 Å². The van der Waals surface area contributed by atoms with E-state index in [4.69, 9.17) is 5.73 Å². The summed E-state index contributed by atoms with van der Waals surface area (Å²) in [6, 6.07) is 3.54. The second-order valence-electron chi connectivity index (χ2n) is 1.96. The summed E-state index contributed by atoms with van der Waals surface area (Å²) in [5.41, 5.74) is 5.36. The van der Waals surface area contributed by atoms with Gasteiger partial charge in [0.05, 0.1) is 6.67 Å². The Balaban J connectivity index is 2.52. The lowest BCUT2D eigenvalue weighted by atomic mass is 10.5. The molecular weight excluding hydrogens is 163 g/mol. The second kappa shape index (κ2) is 4.18. The van der Waals surface area contributed by atoms with Crippen molar-refractivity contribution in [2.45, 2.75) is 4.90 Å². The fraction of sp³-hybridized carbons (Fsp3) is 0.286. The third-order valence-corrected chi connectivity index (χ3v) is 2.04. The molecule has 11 heavy (non-hydrogen) atoms. The number of halogens is 1. The zero-order valence-corrected chi connectivity index (χ0v) is 6.77. The van der Waals surface area contributed by atoms with Crippen molar-refractivity contribution >= 4 is 17.6 Å². The number of hydrogen-bond acceptors (Lipinski definition) is 3. The van der Waals surface area contributed by atoms with E-state index >= 15 is 0 Å². The number of pyridine rings is 1. The van der Waals surface area contributed by atoms with E-state index in [9.17, 15) is 4.39 Å². The lowest BCUT2D eigenvalue weighted by Crippen LogP contribution is -1.88. The predicted molar refractivity (Wildman–Crippen MR) is 45.3 cm³/mol. The molecule has 0 spiro atoms. The fourth-order valence-electron chi connectivity index (χ4n) is 0.634. The van der Waals surface area contributed by atoms with Crippen LogP contribution in [0, 0.1) is 0 Å². The van der Waals surface area contributed by atoms with E-state index in [1.165, 1.54) is 11.8 Å². The smallest absolute Gasteiger partial charge is 0.123 e. The Morgan fingerprint density at radius 2 is 2.36 bits per heavy atom. The molecule has 0 saturated carbocycles. The van der Waals surface area contributed by atoms with E-state index in [0.717, 1.165) is 4.90 Å². The van der Waals surface area contributed by atoms with Gasteiger partial charge in [0.1, 0.15) is 5.82 Å². The van der Waals surface area contributed by atoms with Gasteiger partial charge in [-0.3, -0.25) is 4.39 Å². The zero-order valence-electron chi connectivity index (χ0n) is 5.96. The van der Waals surface area contributed by atoms with Crippen LogP contribution in [0.15, 0.2) is 23.2 Å².